The molecule has 0 saturated heterocycles. The monoisotopic (exact) mass is 272 g/mol. The van der Waals surface area contributed by atoms with Gasteiger partial charge >= 0.3 is 0 Å². The second-order valence-corrected chi connectivity index (χ2v) is 4.79. The average molecular weight is 272 g/mol. The van der Waals surface area contributed by atoms with Gasteiger partial charge in [0.15, 0.2) is 17.4 Å². The Labute approximate surface area is 113 Å². The van der Waals surface area contributed by atoms with E-state index >= 15 is 0 Å². The van der Waals surface area contributed by atoms with E-state index in [1.54, 1.807) is 0 Å². The minimum Gasteiger partial charge on any atom is -0.491 e. The standard InChI is InChI=1S/C14H22F2N2O/c1-6-18(9-10(2)17(3)4)11-7-12(15)14(19-5)13(16)8-11/h7-8,10H,6,9H2,1-5H3. The molecule has 1 rings (SSSR count). The van der Waals surface area contributed by atoms with Gasteiger partial charge in [-0.25, -0.2) is 8.78 Å². The van der Waals surface area contributed by atoms with Crippen LogP contribution >= 0.6 is 0 Å². The summed E-state index contributed by atoms with van der Waals surface area (Å²) in [6.45, 7) is 5.42. The molecule has 1 unspecified atom stereocenters. The summed E-state index contributed by atoms with van der Waals surface area (Å²) in [7, 11) is 5.22. The van der Waals surface area contributed by atoms with Crippen molar-refractivity contribution in [1.82, 2.24) is 4.90 Å². The molecule has 5 heteroatoms. The van der Waals surface area contributed by atoms with Crippen LogP contribution in [-0.2, 0) is 0 Å². The Hall–Kier alpha value is -1.36. The smallest absolute Gasteiger partial charge is 0.190 e. The van der Waals surface area contributed by atoms with Gasteiger partial charge < -0.3 is 14.5 Å². The normalized spacial score (nSPS) is 12.6. The lowest BCUT2D eigenvalue weighted by Crippen LogP contribution is -2.38. The van der Waals surface area contributed by atoms with Gasteiger partial charge in [-0.2, -0.15) is 0 Å². The van der Waals surface area contributed by atoms with Crippen molar-refractivity contribution in [3.05, 3.63) is 23.8 Å². The fourth-order valence-corrected chi connectivity index (χ4v) is 1.82. The molecule has 0 saturated carbocycles. The zero-order valence-electron chi connectivity index (χ0n) is 12.2. The Balaban J connectivity index is 2.99. The highest BCUT2D eigenvalue weighted by Gasteiger charge is 2.16. The number of anilines is 1. The van der Waals surface area contributed by atoms with Gasteiger partial charge in [0.05, 0.1) is 7.11 Å². The van der Waals surface area contributed by atoms with E-state index in [1.807, 2.05) is 25.9 Å². The number of halogens is 2. The lowest BCUT2D eigenvalue weighted by atomic mass is 10.2. The van der Waals surface area contributed by atoms with Crippen LogP contribution in [0.4, 0.5) is 14.5 Å². The van der Waals surface area contributed by atoms with E-state index in [0.717, 1.165) is 0 Å². The summed E-state index contributed by atoms with van der Waals surface area (Å²) in [6.07, 6.45) is 0. The second-order valence-electron chi connectivity index (χ2n) is 4.79. The van der Waals surface area contributed by atoms with Crippen LogP contribution in [0.1, 0.15) is 13.8 Å². The van der Waals surface area contributed by atoms with Crippen molar-refractivity contribution in [1.29, 1.82) is 0 Å². The Morgan fingerprint density at radius 1 is 1.21 bits per heavy atom. The van der Waals surface area contributed by atoms with Crippen molar-refractivity contribution in [2.45, 2.75) is 19.9 Å². The molecule has 0 aromatic heterocycles. The molecule has 0 aliphatic rings. The van der Waals surface area contributed by atoms with Crippen LogP contribution in [0.15, 0.2) is 12.1 Å². The summed E-state index contributed by atoms with van der Waals surface area (Å²) < 4.78 is 32.1. The predicted octanol–water partition coefficient (Wildman–Crippen LogP) is 2.75. The molecule has 0 radical (unpaired) electrons. The molecule has 0 aliphatic carbocycles. The molecule has 0 fully saturated rings. The van der Waals surface area contributed by atoms with E-state index in [-0.39, 0.29) is 11.8 Å². The zero-order valence-corrected chi connectivity index (χ0v) is 12.2. The number of hydrogen-bond donors (Lipinski definition) is 0. The van der Waals surface area contributed by atoms with Crippen LogP contribution in [-0.4, -0.2) is 45.2 Å². The average Bonchev–Trinajstić information content (AvgIpc) is 2.34. The number of ether oxygens (including phenoxy) is 1. The van der Waals surface area contributed by atoms with E-state index in [2.05, 4.69) is 16.6 Å². The molecule has 19 heavy (non-hydrogen) atoms. The van der Waals surface area contributed by atoms with Gasteiger partial charge in [0.2, 0.25) is 0 Å². The molecule has 1 aromatic rings. The van der Waals surface area contributed by atoms with Crippen molar-refractivity contribution in [3.8, 4) is 5.75 Å². The molecule has 108 valence electrons. The van der Waals surface area contributed by atoms with Crippen molar-refractivity contribution in [3.63, 3.8) is 0 Å². The molecule has 0 spiro atoms. The predicted molar refractivity (Wildman–Crippen MR) is 73.9 cm³/mol. The summed E-state index contributed by atoms with van der Waals surface area (Å²) in [6, 6.07) is 2.91. The van der Waals surface area contributed by atoms with Gasteiger partial charge in [-0.1, -0.05) is 0 Å². The van der Waals surface area contributed by atoms with E-state index in [9.17, 15) is 8.78 Å². The topological polar surface area (TPSA) is 15.7 Å². The van der Waals surface area contributed by atoms with Crippen LogP contribution < -0.4 is 9.64 Å². The molecule has 1 atom stereocenters. The Kier molecular flexibility index (Phi) is 5.54. The number of methoxy groups -OCH3 is 1. The third kappa shape index (κ3) is 3.80. The summed E-state index contributed by atoms with van der Waals surface area (Å²) in [5, 5.41) is 0. The fraction of sp³-hybridized carbons (Fsp3) is 0.571. The maximum Gasteiger partial charge on any atom is 0.190 e. The Bertz CT molecular complexity index is 401. The highest BCUT2D eigenvalue weighted by Crippen LogP contribution is 2.27. The molecule has 0 amide bonds. The van der Waals surface area contributed by atoms with E-state index < -0.39 is 11.6 Å². The van der Waals surface area contributed by atoms with Gasteiger partial charge in [-0.05, 0) is 27.9 Å². The SMILES string of the molecule is CCN(CC(C)N(C)C)c1cc(F)c(OC)c(F)c1. The lowest BCUT2D eigenvalue weighted by molar-refractivity contribution is 0.315. The summed E-state index contributed by atoms with van der Waals surface area (Å²) in [4.78, 5) is 4.01. The van der Waals surface area contributed by atoms with Crippen LogP contribution in [0.5, 0.6) is 5.75 Å². The van der Waals surface area contributed by atoms with Crippen LogP contribution in [0.25, 0.3) is 0 Å². The van der Waals surface area contributed by atoms with Gasteiger partial charge in [-0.15, -0.1) is 0 Å². The van der Waals surface area contributed by atoms with Crippen molar-refractivity contribution in [2.24, 2.45) is 0 Å². The van der Waals surface area contributed by atoms with Crippen molar-refractivity contribution < 1.29 is 13.5 Å². The molecular formula is C14H22F2N2O. The van der Waals surface area contributed by atoms with Crippen molar-refractivity contribution >= 4 is 5.69 Å². The maximum absolute atomic E-state index is 13.7. The van der Waals surface area contributed by atoms with E-state index in [4.69, 9.17) is 0 Å². The Morgan fingerprint density at radius 3 is 2.11 bits per heavy atom. The minimum atomic E-state index is -0.673. The number of likely N-dealkylation sites (N-methyl/N-ethyl adjacent to an activating group) is 2. The third-order valence-corrected chi connectivity index (χ3v) is 3.30. The minimum absolute atomic E-state index is 0.285. The second kappa shape index (κ2) is 6.70. The number of benzene rings is 1. The molecule has 0 heterocycles. The first kappa shape index (κ1) is 15.7. The molecule has 0 aliphatic heterocycles. The van der Waals surface area contributed by atoms with E-state index in [0.29, 0.717) is 18.8 Å². The largest absolute Gasteiger partial charge is 0.491 e. The van der Waals surface area contributed by atoms with Gasteiger partial charge in [-0.3, -0.25) is 0 Å². The first-order valence-corrected chi connectivity index (χ1v) is 6.35. The summed E-state index contributed by atoms with van der Waals surface area (Å²) in [5.41, 5.74) is 0.534. The highest BCUT2D eigenvalue weighted by molar-refractivity contribution is 5.50. The van der Waals surface area contributed by atoms with Crippen LogP contribution in [0.3, 0.4) is 0 Å². The fourth-order valence-electron chi connectivity index (χ4n) is 1.82. The molecule has 1 aromatic carbocycles. The van der Waals surface area contributed by atoms with Gasteiger partial charge in [0, 0.05) is 37.0 Å². The quantitative estimate of drug-likeness (QED) is 0.792. The van der Waals surface area contributed by atoms with Gasteiger partial charge in [0.1, 0.15) is 0 Å². The number of rotatable bonds is 6. The molecular weight excluding hydrogens is 250 g/mol. The maximum atomic E-state index is 13.7. The zero-order chi connectivity index (χ0) is 14.6. The third-order valence-electron chi connectivity index (χ3n) is 3.30. The lowest BCUT2D eigenvalue weighted by Gasteiger charge is -2.30. The molecule has 3 nitrogen and oxygen atoms in total. The van der Waals surface area contributed by atoms with E-state index in [1.165, 1.54) is 19.2 Å². The summed E-state index contributed by atoms with van der Waals surface area (Å²) in [5.74, 6) is -1.68. The summed E-state index contributed by atoms with van der Waals surface area (Å²) >= 11 is 0. The molecule has 0 bridgehead atoms. The van der Waals surface area contributed by atoms with Crippen LogP contribution in [0.2, 0.25) is 0 Å². The van der Waals surface area contributed by atoms with Gasteiger partial charge in [0.25, 0.3) is 0 Å². The first-order valence-electron chi connectivity index (χ1n) is 6.35. The molecule has 0 N–H and O–H groups in total. The number of nitrogens with zero attached hydrogens (tertiary/aromatic N) is 2. The highest BCUT2D eigenvalue weighted by atomic mass is 19.1. The van der Waals surface area contributed by atoms with Crippen LogP contribution in [0, 0.1) is 11.6 Å². The van der Waals surface area contributed by atoms with Crippen molar-refractivity contribution in [2.75, 3.05) is 39.2 Å². The first-order chi connectivity index (χ1) is 8.90. The number of hydrogen-bond acceptors (Lipinski definition) is 3. The Morgan fingerprint density at radius 2 is 1.74 bits per heavy atom.